The van der Waals surface area contributed by atoms with Gasteiger partial charge in [-0.2, -0.15) is 0 Å². The number of carbonyl (C=O) groups is 1. The molecule has 0 amide bonds. The average Bonchev–Trinajstić information content (AvgIpc) is 2.71. The normalized spacial score (nSPS) is 10.4. The van der Waals surface area contributed by atoms with Crippen molar-refractivity contribution in [2.75, 3.05) is 0 Å². The molecule has 0 fully saturated rings. The molecule has 2 heterocycles. The lowest BCUT2D eigenvalue weighted by Crippen LogP contribution is -1.90. The van der Waals surface area contributed by atoms with Gasteiger partial charge in [-0.15, -0.1) is 11.3 Å². The quantitative estimate of drug-likeness (QED) is 0.707. The first kappa shape index (κ1) is 9.15. The van der Waals surface area contributed by atoms with Gasteiger partial charge < -0.3 is 0 Å². The SMILES string of the molecule is Cc1cn(-c2ccc(C=O)s2)c(C)n1. The Morgan fingerprint density at radius 2 is 2.21 bits per heavy atom. The van der Waals surface area contributed by atoms with Crippen LogP contribution < -0.4 is 0 Å². The van der Waals surface area contributed by atoms with Crippen molar-refractivity contribution < 1.29 is 4.79 Å². The van der Waals surface area contributed by atoms with Crippen molar-refractivity contribution in [3.8, 4) is 5.00 Å². The predicted octanol–water partition coefficient (Wildman–Crippen LogP) is 2.36. The number of thiophene rings is 1. The zero-order chi connectivity index (χ0) is 10.1. The van der Waals surface area contributed by atoms with E-state index in [1.54, 1.807) is 0 Å². The molecule has 4 heteroatoms. The van der Waals surface area contributed by atoms with Crippen molar-refractivity contribution in [2.24, 2.45) is 0 Å². The molecule has 3 nitrogen and oxygen atoms in total. The summed E-state index contributed by atoms with van der Waals surface area (Å²) in [5.74, 6) is 0.946. The Labute approximate surface area is 86.0 Å². The molecule has 0 saturated heterocycles. The maximum atomic E-state index is 10.5. The molecule has 0 N–H and O–H groups in total. The van der Waals surface area contributed by atoms with Gasteiger partial charge in [0.15, 0.2) is 6.29 Å². The molecule has 72 valence electrons. The molecular weight excluding hydrogens is 196 g/mol. The molecular formula is C10H10N2OS. The highest BCUT2D eigenvalue weighted by Crippen LogP contribution is 2.21. The van der Waals surface area contributed by atoms with Crippen LogP contribution in [0.1, 0.15) is 21.2 Å². The summed E-state index contributed by atoms with van der Waals surface area (Å²) in [6, 6.07) is 3.75. The van der Waals surface area contributed by atoms with Gasteiger partial charge >= 0.3 is 0 Å². The molecule has 0 atom stereocenters. The summed E-state index contributed by atoms with van der Waals surface area (Å²) >= 11 is 1.47. The fourth-order valence-electron chi connectivity index (χ4n) is 1.38. The van der Waals surface area contributed by atoms with Gasteiger partial charge in [-0.05, 0) is 26.0 Å². The Kier molecular flexibility index (Phi) is 2.21. The number of carbonyl (C=O) groups excluding carboxylic acids is 1. The monoisotopic (exact) mass is 206 g/mol. The second kappa shape index (κ2) is 3.38. The Balaban J connectivity index is 2.48. The van der Waals surface area contributed by atoms with E-state index in [9.17, 15) is 4.79 Å². The van der Waals surface area contributed by atoms with Crippen LogP contribution in [-0.2, 0) is 0 Å². The van der Waals surface area contributed by atoms with Crippen molar-refractivity contribution in [3.63, 3.8) is 0 Å². The summed E-state index contributed by atoms with van der Waals surface area (Å²) in [5.41, 5.74) is 0.989. The van der Waals surface area contributed by atoms with E-state index in [0.717, 1.165) is 27.7 Å². The van der Waals surface area contributed by atoms with E-state index in [-0.39, 0.29) is 0 Å². The van der Waals surface area contributed by atoms with Crippen molar-refractivity contribution in [3.05, 3.63) is 34.7 Å². The van der Waals surface area contributed by atoms with E-state index in [2.05, 4.69) is 4.98 Å². The second-order valence-corrected chi connectivity index (χ2v) is 4.19. The number of hydrogen-bond donors (Lipinski definition) is 0. The second-order valence-electron chi connectivity index (χ2n) is 3.09. The Bertz CT molecular complexity index is 470. The Hall–Kier alpha value is -1.42. The zero-order valence-corrected chi connectivity index (χ0v) is 8.84. The molecule has 0 aliphatic rings. The van der Waals surface area contributed by atoms with Gasteiger partial charge in [0.1, 0.15) is 10.8 Å². The number of aldehydes is 1. The molecule has 2 rings (SSSR count). The fourth-order valence-corrected chi connectivity index (χ4v) is 2.22. The van der Waals surface area contributed by atoms with Crippen LogP contribution in [0.4, 0.5) is 0 Å². The Morgan fingerprint density at radius 3 is 2.71 bits per heavy atom. The molecule has 0 radical (unpaired) electrons. The number of nitrogens with zero attached hydrogens (tertiary/aromatic N) is 2. The third-order valence-electron chi connectivity index (χ3n) is 1.97. The summed E-state index contributed by atoms with van der Waals surface area (Å²) < 4.78 is 1.99. The molecule has 0 spiro atoms. The summed E-state index contributed by atoms with van der Waals surface area (Å²) in [4.78, 5) is 15.6. The third kappa shape index (κ3) is 1.48. The summed E-state index contributed by atoms with van der Waals surface area (Å²) in [6.07, 6.45) is 2.84. The van der Waals surface area contributed by atoms with Gasteiger partial charge in [-0.25, -0.2) is 4.98 Å². The van der Waals surface area contributed by atoms with Crippen LogP contribution in [0.15, 0.2) is 18.3 Å². The van der Waals surface area contributed by atoms with Crippen molar-refractivity contribution in [1.29, 1.82) is 0 Å². The van der Waals surface area contributed by atoms with Crippen molar-refractivity contribution in [1.82, 2.24) is 9.55 Å². The number of imidazole rings is 1. The van der Waals surface area contributed by atoms with Crippen molar-refractivity contribution >= 4 is 17.6 Å². The number of aryl methyl sites for hydroxylation is 2. The molecule has 0 aliphatic heterocycles. The van der Waals surface area contributed by atoms with E-state index in [1.165, 1.54) is 11.3 Å². The highest BCUT2D eigenvalue weighted by Gasteiger charge is 2.05. The van der Waals surface area contributed by atoms with Gasteiger partial charge in [-0.3, -0.25) is 9.36 Å². The first-order valence-corrected chi connectivity index (χ1v) is 5.10. The van der Waals surface area contributed by atoms with Crippen LogP contribution in [0, 0.1) is 13.8 Å². The number of aromatic nitrogens is 2. The maximum Gasteiger partial charge on any atom is 0.160 e. The van der Waals surface area contributed by atoms with Crippen molar-refractivity contribution in [2.45, 2.75) is 13.8 Å². The molecule has 2 aromatic heterocycles. The molecule has 0 unspecified atom stereocenters. The highest BCUT2D eigenvalue weighted by atomic mass is 32.1. The third-order valence-corrected chi connectivity index (χ3v) is 2.98. The molecule has 0 aromatic carbocycles. The lowest BCUT2D eigenvalue weighted by atomic mass is 10.5. The largest absolute Gasteiger partial charge is 0.297 e. The summed E-state index contributed by atoms with van der Waals surface area (Å²) in [6.45, 7) is 3.91. The van der Waals surface area contributed by atoms with Crippen LogP contribution in [0.2, 0.25) is 0 Å². The van der Waals surface area contributed by atoms with E-state index < -0.39 is 0 Å². The van der Waals surface area contributed by atoms with Gasteiger partial charge in [0, 0.05) is 6.20 Å². The zero-order valence-electron chi connectivity index (χ0n) is 8.02. The number of hydrogen-bond acceptors (Lipinski definition) is 3. The first-order valence-electron chi connectivity index (χ1n) is 4.28. The predicted molar refractivity (Wildman–Crippen MR) is 56.3 cm³/mol. The minimum absolute atomic E-state index is 0.741. The molecule has 0 aliphatic carbocycles. The lowest BCUT2D eigenvalue weighted by molar-refractivity contribution is 0.112. The van der Waals surface area contributed by atoms with Crippen LogP contribution in [0.3, 0.4) is 0 Å². The van der Waals surface area contributed by atoms with Gasteiger partial charge in [-0.1, -0.05) is 0 Å². The molecule has 0 bridgehead atoms. The van der Waals surface area contributed by atoms with E-state index in [4.69, 9.17) is 0 Å². The van der Waals surface area contributed by atoms with Gasteiger partial charge in [0.25, 0.3) is 0 Å². The molecule has 0 saturated carbocycles. The van der Waals surface area contributed by atoms with E-state index in [1.807, 2.05) is 36.7 Å². The molecule has 14 heavy (non-hydrogen) atoms. The lowest BCUT2D eigenvalue weighted by Gasteiger charge is -1.98. The minimum Gasteiger partial charge on any atom is -0.297 e. The standard InChI is InChI=1S/C10H10N2OS/c1-7-5-12(8(2)11-7)10-4-3-9(6-13)14-10/h3-6H,1-2H3. The first-order chi connectivity index (χ1) is 6.70. The average molecular weight is 206 g/mol. The number of rotatable bonds is 2. The topological polar surface area (TPSA) is 34.9 Å². The smallest absolute Gasteiger partial charge is 0.160 e. The Morgan fingerprint density at radius 1 is 1.43 bits per heavy atom. The van der Waals surface area contributed by atoms with Gasteiger partial charge in [0.2, 0.25) is 0 Å². The highest BCUT2D eigenvalue weighted by molar-refractivity contribution is 7.16. The van der Waals surface area contributed by atoms with Crippen LogP contribution >= 0.6 is 11.3 Å². The molecule has 2 aromatic rings. The maximum absolute atomic E-state index is 10.5. The summed E-state index contributed by atoms with van der Waals surface area (Å²) in [7, 11) is 0. The van der Waals surface area contributed by atoms with Crippen LogP contribution in [0.25, 0.3) is 5.00 Å². The summed E-state index contributed by atoms with van der Waals surface area (Å²) in [5, 5.41) is 1.03. The van der Waals surface area contributed by atoms with E-state index in [0.29, 0.717) is 0 Å². The van der Waals surface area contributed by atoms with Crippen LogP contribution in [-0.4, -0.2) is 15.8 Å². The minimum atomic E-state index is 0.741. The fraction of sp³-hybridized carbons (Fsp3) is 0.200. The van der Waals surface area contributed by atoms with Crippen LogP contribution in [0.5, 0.6) is 0 Å². The van der Waals surface area contributed by atoms with Gasteiger partial charge in [0.05, 0.1) is 10.6 Å². The van der Waals surface area contributed by atoms with E-state index >= 15 is 0 Å².